The third-order valence-electron chi connectivity index (χ3n) is 5.24. The standard InChI is InChI=1S/C22H23N5O4/c1-26-11-10-23-22(26)21(28)15-2-7-19(20(14-15)27(29)30)25-17-5-3-16(4-6-17)24-18-8-12-31-13-9-18/h2-7,10-11,14,18,24-25H,8-9,12-13H2,1H3. The van der Waals surface area contributed by atoms with E-state index < -0.39 is 4.92 Å². The van der Waals surface area contributed by atoms with Gasteiger partial charge in [-0.15, -0.1) is 0 Å². The third kappa shape index (κ3) is 4.72. The second-order valence-electron chi connectivity index (χ2n) is 7.41. The molecule has 1 fully saturated rings. The lowest BCUT2D eigenvalue weighted by atomic mass is 10.1. The molecule has 0 radical (unpaired) electrons. The number of ketones is 1. The number of ether oxygens (including phenoxy) is 1. The molecule has 0 bridgehead atoms. The van der Waals surface area contributed by atoms with Crippen LogP contribution in [0.1, 0.15) is 29.0 Å². The van der Waals surface area contributed by atoms with E-state index in [4.69, 9.17) is 4.74 Å². The average Bonchev–Trinajstić information content (AvgIpc) is 3.21. The van der Waals surface area contributed by atoms with Gasteiger partial charge in [0.15, 0.2) is 5.82 Å². The van der Waals surface area contributed by atoms with Gasteiger partial charge in [-0.2, -0.15) is 0 Å². The van der Waals surface area contributed by atoms with E-state index in [9.17, 15) is 14.9 Å². The first kappa shape index (κ1) is 20.5. The number of aromatic nitrogens is 2. The monoisotopic (exact) mass is 421 g/mol. The van der Waals surface area contributed by atoms with Crippen molar-refractivity contribution in [2.75, 3.05) is 23.8 Å². The number of nitro benzene ring substituents is 1. The fourth-order valence-corrected chi connectivity index (χ4v) is 3.53. The Kier molecular flexibility index (Phi) is 5.94. The second-order valence-corrected chi connectivity index (χ2v) is 7.41. The van der Waals surface area contributed by atoms with Crippen LogP contribution in [0.4, 0.5) is 22.7 Å². The van der Waals surface area contributed by atoms with Gasteiger partial charge >= 0.3 is 0 Å². The predicted octanol–water partition coefficient (Wildman–Crippen LogP) is 3.89. The van der Waals surface area contributed by atoms with Gasteiger partial charge in [0, 0.05) is 61.7 Å². The largest absolute Gasteiger partial charge is 0.382 e. The molecule has 160 valence electrons. The van der Waals surface area contributed by atoms with E-state index in [1.165, 1.54) is 12.3 Å². The first-order chi connectivity index (χ1) is 15.0. The molecule has 0 unspecified atom stereocenters. The Morgan fingerprint density at radius 2 is 1.87 bits per heavy atom. The first-order valence-electron chi connectivity index (χ1n) is 10.0. The highest BCUT2D eigenvalue weighted by atomic mass is 16.6. The molecule has 1 saturated heterocycles. The molecule has 0 atom stereocenters. The van der Waals surface area contributed by atoms with Crippen LogP contribution in [0.25, 0.3) is 0 Å². The average molecular weight is 421 g/mol. The summed E-state index contributed by atoms with van der Waals surface area (Å²) in [5, 5.41) is 18.2. The van der Waals surface area contributed by atoms with Crippen LogP contribution < -0.4 is 10.6 Å². The maximum atomic E-state index is 12.6. The van der Waals surface area contributed by atoms with Gasteiger partial charge in [0.2, 0.25) is 5.78 Å². The Balaban J connectivity index is 1.50. The molecule has 2 N–H and O–H groups in total. The molecule has 4 rings (SSSR count). The van der Waals surface area contributed by atoms with Crippen LogP contribution in [0.15, 0.2) is 54.9 Å². The summed E-state index contributed by atoms with van der Waals surface area (Å²) in [5.41, 5.74) is 2.05. The van der Waals surface area contributed by atoms with Crippen molar-refractivity contribution in [1.29, 1.82) is 0 Å². The molecule has 0 spiro atoms. The SMILES string of the molecule is Cn1ccnc1C(=O)c1ccc(Nc2ccc(NC3CCOCC3)cc2)c([N+](=O)[O-])c1. The number of nitrogens with one attached hydrogen (secondary N) is 2. The Bertz CT molecular complexity index is 1090. The minimum atomic E-state index is -0.501. The number of rotatable bonds is 7. The highest BCUT2D eigenvalue weighted by Crippen LogP contribution is 2.30. The molecule has 9 nitrogen and oxygen atoms in total. The number of nitrogens with zero attached hydrogens (tertiary/aromatic N) is 3. The van der Waals surface area contributed by atoms with Crippen molar-refractivity contribution >= 4 is 28.5 Å². The van der Waals surface area contributed by atoms with E-state index in [-0.39, 0.29) is 22.9 Å². The summed E-state index contributed by atoms with van der Waals surface area (Å²) in [6.07, 6.45) is 5.10. The molecular formula is C22H23N5O4. The number of carbonyl (C=O) groups is 1. The van der Waals surface area contributed by atoms with E-state index in [0.717, 1.165) is 31.7 Å². The lowest BCUT2D eigenvalue weighted by molar-refractivity contribution is -0.383. The highest BCUT2D eigenvalue weighted by Gasteiger charge is 2.21. The van der Waals surface area contributed by atoms with Gasteiger partial charge in [0.05, 0.1) is 4.92 Å². The number of nitro groups is 1. The van der Waals surface area contributed by atoms with Gasteiger partial charge in [0.1, 0.15) is 5.69 Å². The molecule has 2 aromatic carbocycles. The summed E-state index contributed by atoms with van der Waals surface area (Å²) in [6, 6.07) is 12.4. The Labute approximate surface area is 179 Å². The lowest BCUT2D eigenvalue weighted by Gasteiger charge is -2.24. The smallest absolute Gasteiger partial charge is 0.293 e. The Morgan fingerprint density at radius 3 is 2.52 bits per heavy atom. The summed E-state index contributed by atoms with van der Waals surface area (Å²) in [7, 11) is 1.70. The summed E-state index contributed by atoms with van der Waals surface area (Å²) < 4.78 is 6.95. The molecule has 31 heavy (non-hydrogen) atoms. The Hall–Kier alpha value is -3.72. The molecule has 1 aliphatic rings. The van der Waals surface area contributed by atoms with Gasteiger partial charge in [-0.1, -0.05) is 0 Å². The number of aryl methyl sites for hydroxylation is 1. The second kappa shape index (κ2) is 8.97. The number of hydrogen-bond acceptors (Lipinski definition) is 7. The topological polar surface area (TPSA) is 111 Å². The van der Waals surface area contributed by atoms with Gasteiger partial charge in [-0.05, 0) is 49.2 Å². The van der Waals surface area contributed by atoms with E-state index >= 15 is 0 Å². The summed E-state index contributed by atoms with van der Waals surface area (Å²) >= 11 is 0. The molecule has 2 heterocycles. The summed E-state index contributed by atoms with van der Waals surface area (Å²) in [4.78, 5) is 27.8. The molecule has 0 saturated carbocycles. The van der Waals surface area contributed by atoms with Crippen LogP contribution in [-0.4, -0.2) is 39.5 Å². The van der Waals surface area contributed by atoms with Gasteiger partial charge in [-0.3, -0.25) is 14.9 Å². The van der Waals surface area contributed by atoms with Gasteiger partial charge < -0.3 is 19.9 Å². The number of imidazole rings is 1. The van der Waals surface area contributed by atoms with Gasteiger partial charge in [-0.25, -0.2) is 4.98 Å². The molecule has 3 aromatic rings. The Morgan fingerprint density at radius 1 is 1.16 bits per heavy atom. The van der Waals surface area contributed by atoms with Crippen LogP contribution in [0, 0.1) is 10.1 Å². The number of anilines is 3. The minimum Gasteiger partial charge on any atom is -0.382 e. The predicted molar refractivity (Wildman–Crippen MR) is 117 cm³/mol. The zero-order chi connectivity index (χ0) is 21.8. The zero-order valence-electron chi connectivity index (χ0n) is 17.1. The number of carbonyl (C=O) groups excluding carboxylic acids is 1. The van der Waals surface area contributed by atoms with Crippen molar-refractivity contribution in [2.24, 2.45) is 7.05 Å². The van der Waals surface area contributed by atoms with Crippen LogP contribution in [0.3, 0.4) is 0 Å². The highest BCUT2D eigenvalue weighted by molar-refractivity contribution is 6.07. The fourth-order valence-electron chi connectivity index (χ4n) is 3.53. The van der Waals surface area contributed by atoms with Crippen molar-refractivity contribution in [3.05, 3.63) is 76.4 Å². The molecule has 0 aliphatic carbocycles. The normalized spacial score (nSPS) is 14.2. The third-order valence-corrected chi connectivity index (χ3v) is 5.24. The van der Waals surface area contributed by atoms with Crippen molar-refractivity contribution in [2.45, 2.75) is 18.9 Å². The van der Waals surface area contributed by atoms with Crippen molar-refractivity contribution in [3.63, 3.8) is 0 Å². The fraction of sp³-hybridized carbons (Fsp3) is 0.273. The van der Waals surface area contributed by atoms with E-state index in [1.807, 2.05) is 24.3 Å². The maximum absolute atomic E-state index is 12.6. The van der Waals surface area contributed by atoms with Crippen molar-refractivity contribution in [3.8, 4) is 0 Å². The molecule has 0 amide bonds. The number of hydrogen-bond donors (Lipinski definition) is 2. The summed E-state index contributed by atoms with van der Waals surface area (Å²) in [6.45, 7) is 1.53. The quantitative estimate of drug-likeness (QED) is 0.338. The molecule has 9 heteroatoms. The minimum absolute atomic E-state index is 0.176. The summed E-state index contributed by atoms with van der Waals surface area (Å²) in [5.74, 6) is -0.145. The van der Waals surface area contributed by atoms with E-state index in [0.29, 0.717) is 17.4 Å². The van der Waals surface area contributed by atoms with Crippen LogP contribution in [0.5, 0.6) is 0 Å². The van der Waals surface area contributed by atoms with E-state index in [2.05, 4.69) is 15.6 Å². The maximum Gasteiger partial charge on any atom is 0.293 e. The van der Waals surface area contributed by atoms with Crippen molar-refractivity contribution in [1.82, 2.24) is 9.55 Å². The van der Waals surface area contributed by atoms with Crippen LogP contribution in [0.2, 0.25) is 0 Å². The zero-order valence-corrected chi connectivity index (χ0v) is 17.1. The molecule has 1 aliphatic heterocycles. The van der Waals surface area contributed by atoms with Crippen molar-refractivity contribution < 1.29 is 14.5 Å². The first-order valence-corrected chi connectivity index (χ1v) is 10.0. The molecule has 1 aromatic heterocycles. The van der Waals surface area contributed by atoms with Crippen LogP contribution in [-0.2, 0) is 11.8 Å². The van der Waals surface area contributed by atoms with E-state index in [1.54, 1.807) is 29.9 Å². The molecular weight excluding hydrogens is 398 g/mol. The number of benzene rings is 2. The lowest BCUT2D eigenvalue weighted by Crippen LogP contribution is -2.27. The van der Waals surface area contributed by atoms with Crippen LogP contribution >= 0.6 is 0 Å². The van der Waals surface area contributed by atoms with Gasteiger partial charge in [0.25, 0.3) is 5.69 Å².